The topological polar surface area (TPSA) is 26.0 Å². The second kappa shape index (κ2) is 4.88. The first-order valence-corrected chi connectivity index (χ1v) is 3.74. The lowest BCUT2D eigenvalue weighted by Gasteiger charge is -2.24. The zero-order valence-electron chi connectivity index (χ0n) is 6.30. The smallest absolute Gasteiger partial charge is 0.241 e. The van der Waals surface area contributed by atoms with Crippen LogP contribution in [0, 0.1) is 5.92 Å². The van der Waals surface area contributed by atoms with E-state index in [2.05, 4.69) is 0 Å². The molecule has 68 valence electrons. The van der Waals surface area contributed by atoms with E-state index in [0.29, 0.717) is 12.8 Å². The molecular weight excluding hydrogens is 172 g/mol. The van der Waals surface area contributed by atoms with Gasteiger partial charge in [0.1, 0.15) is 0 Å². The summed E-state index contributed by atoms with van der Waals surface area (Å²) in [6.07, 6.45) is 0.634. The van der Waals surface area contributed by atoms with Crippen molar-refractivity contribution < 1.29 is 8.78 Å². The molecule has 0 radical (unpaired) electrons. The second-order valence-corrected chi connectivity index (χ2v) is 3.01. The van der Waals surface area contributed by atoms with E-state index in [0.717, 1.165) is 12.8 Å². The van der Waals surface area contributed by atoms with Crippen LogP contribution in [0.2, 0.25) is 0 Å². The molecule has 0 heterocycles. The molecule has 0 atom stereocenters. The van der Waals surface area contributed by atoms with E-state index in [1.54, 1.807) is 0 Å². The van der Waals surface area contributed by atoms with E-state index in [1.807, 2.05) is 0 Å². The molecule has 0 saturated heterocycles. The summed E-state index contributed by atoms with van der Waals surface area (Å²) in [4.78, 5) is 0. The van der Waals surface area contributed by atoms with Crippen LogP contribution in [0.1, 0.15) is 25.7 Å². The zero-order valence-corrected chi connectivity index (χ0v) is 7.12. The largest absolute Gasteiger partial charge is 0.328 e. The molecule has 1 rings (SSSR count). The van der Waals surface area contributed by atoms with Gasteiger partial charge in [0.15, 0.2) is 0 Å². The number of hydrogen-bond donors (Lipinski definition) is 1. The molecule has 1 nitrogen and oxygen atoms in total. The average molecular weight is 186 g/mol. The Morgan fingerprint density at radius 1 is 1.09 bits per heavy atom. The summed E-state index contributed by atoms with van der Waals surface area (Å²) in [7, 11) is 0. The van der Waals surface area contributed by atoms with Crippen LogP contribution < -0.4 is 5.73 Å². The minimum Gasteiger partial charge on any atom is -0.328 e. The molecule has 0 amide bonds. The molecule has 1 fully saturated rings. The molecule has 1 saturated carbocycles. The van der Waals surface area contributed by atoms with E-state index in [4.69, 9.17) is 5.73 Å². The number of nitrogens with two attached hydrogens (primary N) is 1. The van der Waals surface area contributed by atoms with Gasteiger partial charge in [-0.3, -0.25) is 0 Å². The monoisotopic (exact) mass is 185 g/mol. The molecule has 0 aromatic heterocycles. The van der Waals surface area contributed by atoms with Crippen molar-refractivity contribution in [3.05, 3.63) is 0 Å². The summed E-state index contributed by atoms with van der Waals surface area (Å²) >= 11 is 0. The second-order valence-electron chi connectivity index (χ2n) is 3.01. The predicted octanol–water partition coefficient (Wildman–Crippen LogP) is 2.19. The van der Waals surface area contributed by atoms with Gasteiger partial charge in [0.05, 0.1) is 0 Å². The lowest BCUT2D eigenvalue weighted by molar-refractivity contribution is 0.0533. The summed E-state index contributed by atoms with van der Waals surface area (Å²) < 4.78 is 24.0. The molecule has 2 N–H and O–H groups in total. The van der Waals surface area contributed by atoms with Gasteiger partial charge in [-0.15, -0.1) is 12.4 Å². The lowest BCUT2D eigenvalue weighted by atomic mass is 9.87. The van der Waals surface area contributed by atoms with Crippen LogP contribution in [0.5, 0.6) is 0 Å². The van der Waals surface area contributed by atoms with Crippen LogP contribution in [0.15, 0.2) is 0 Å². The highest BCUT2D eigenvalue weighted by molar-refractivity contribution is 5.85. The Kier molecular flexibility index (Phi) is 4.93. The van der Waals surface area contributed by atoms with Gasteiger partial charge in [-0.05, 0) is 25.7 Å². The zero-order chi connectivity index (χ0) is 7.56. The molecule has 0 unspecified atom stereocenters. The Balaban J connectivity index is 0.000001000. The Morgan fingerprint density at radius 3 is 1.91 bits per heavy atom. The van der Waals surface area contributed by atoms with Crippen molar-refractivity contribution in [1.29, 1.82) is 0 Å². The quantitative estimate of drug-likeness (QED) is 0.666. The Bertz CT molecular complexity index is 103. The van der Waals surface area contributed by atoms with Gasteiger partial charge in [-0.1, -0.05) is 0 Å². The summed E-state index contributed by atoms with van der Waals surface area (Å²) in [6.45, 7) is 0. The van der Waals surface area contributed by atoms with Gasteiger partial charge in [0, 0.05) is 12.0 Å². The molecule has 1 aliphatic carbocycles. The number of rotatable bonds is 1. The van der Waals surface area contributed by atoms with Crippen molar-refractivity contribution in [3.8, 4) is 0 Å². The molecule has 11 heavy (non-hydrogen) atoms. The van der Waals surface area contributed by atoms with Crippen LogP contribution in [0.25, 0.3) is 0 Å². The molecule has 0 aromatic carbocycles. The van der Waals surface area contributed by atoms with Gasteiger partial charge in [0.25, 0.3) is 0 Å². The summed E-state index contributed by atoms with van der Waals surface area (Å²) in [5.74, 6) is -0.375. The van der Waals surface area contributed by atoms with Gasteiger partial charge in [0.2, 0.25) is 6.43 Å². The summed E-state index contributed by atoms with van der Waals surface area (Å²) in [6, 6.07) is 0.176. The van der Waals surface area contributed by atoms with Gasteiger partial charge >= 0.3 is 0 Å². The third kappa shape index (κ3) is 3.34. The SMILES string of the molecule is Cl.NC1CCC(C(F)F)CC1. The normalized spacial score (nSPS) is 31.6. The lowest BCUT2D eigenvalue weighted by Crippen LogP contribution is -2.29. The molecular formula is C7H14ClF2N. The van der Waals surface area contributed by atoms with E-state index >= 15 is 0 Å². The van der Waals surface area contributed by atoms with Crippen molar-refractivity contribution in [2.75, 3.05) is 0 Å². The van der Waals surface area contributed by atoms with Gasteiger partial charge < -0.3 is 5.73 Å². The van der Waals surface area contributed by atoms with Crippen molar-refractivity contribution in [3.63, 3.8) is 0 Å². The molecule has 0 aromatic rings. The van der Waals surface area contributed by atoms with Crippen LogP contribution in [0.3, 0.4) is 0 Å². The van der Waals surface area contributed by atoms with Crippen LogP contribution in [-0.2, 0) is 0 Å². The Labute approximate surface area is 71.7 Å². The van der Waals surface area contributed by atoms with Crippen LogP contribution >= 0.6 is 12.4 Å². The minimum absolute atomic E-state index is 0. The third-order valence-electron chi connectivity index (χ3n) is 2.17. The first-order chi connectivity index (χ1) is 4.70. The molecule has 0 aliphatic heterocycles. The number of halogens is 3. The maximum absolute atomic E-state index is 12.0. The van der Waals surface area contributed by atoms with Crippen LogP contribution in [0.4, 0.5) is 8.78 Å². The average Bonchev–Trinajstić information content (AvgIpc) is 1.88. The Hall–Kier alpha value is 0.110. The highest BCUT2D eigenvalue weighted by Gasteiger charge is 2.25. The summed E-state index contributed by atoms with van der Waals surface area (Å²) in [5, 5.41) is 0. The van der Waals surface area contributed by atoms with Crippen molar-refractivity contribution in [2.45, 2.75) is 38.2 Å². The van der Waals surface area contributed by atoms with Crippen molar-refractivity contribution in [2.24, 2.45) is 11.7 Å². The maximum Gasteiger partial charge on any atom is 0.241 e. The summed E-state index contributed by atoms with van der Waals surface area (Å²) in [5.41, 5.74) is 5.55. The van der Waals surface area contributed by atoms with Gasteiger partial charge in [-0.25, -0.2) is 8.78 Å². The van der Waals surface area contributed by atoms with E-state index in [9.17, 15) is 8.78 Å². The molecule has 1 aliphatic rings. The van der Waals surface area contributed by atoms with Crippen LogP contribution in [-0.4, -0.2) is 12.5 Å². The van der Waals surface area contributed by atoms with E-state index < -0.39 is 6.43 Å². The highest BCUT2D eigenvalue weighted by atomic mass is 35.5. The molecule has 4 heteroatoms. The minimum atomic E-state index is -2.13. The predicted molar refractivity (Wildman–Crippen MR) is 43.2 cm³/mol. The van der Waals surface area contributed by atoms with Gasteiger partial charge in [-0.2, -0.15) is 0 Å². The number of alkyl halides is 2. The van der Waals surface area contributed by atoms with E-state index in [1.165, 1.54) is 0 Å². The molecule has 0 bridgehead atoms. The fourth-order valence-corrected chi connectivity index (χ4v) is 1.40. The fraction of sp³-hybridized carbons (Fsp3) is 1.00. The first kappa shape index (κ1) is 11.1. The first-order valence-electron chi connectivity index (χ1n) is 3.74. The standard InChI is InChI=1S/C7H13F2N.ClH/c8-7(9)5-1-3-6(10)4-2-5;/h5-7H,1-4,10H2;1H. The maximum atomic E-state index is 12.0. The fourth-order valence-electron chi connectivity index (χ4n) is 1.40. The van der Waals surface area contributed by atoms with Crippen molar-refractivity contribution in [1.82, 2.24) is 0 Å². The highest BCUT2D eigenvalue weighted by Crippen LogP contribution is 2.27. The van der Waals surface area contributed by atoms with Crippen molar-refractivity contribution >= 4 is 12.4 Å². The number of hydrogen-bond acceptors (Lipinski definition) is 1. The van der Waals surface area contributed by atoms with E-state index in [-0.39, 0.29) is 24.4 Å². The molecule has 0 spiro atoms. The Morgan fingerprint density at radius 2 is 1.55 bits per heavy atom. The third-order valence-corrected chi connectivity index (χ3v) is 2.17.